The number of sulfone groups is 1. The highest BCUT2D eigenvalue weighted by Gasteiger charge is 2.23. The molecule has 1 fully saturated rings. The molecule has 0 bridgehead atoms. The maximum absolute atomic E-state index is 14.3. The third-order valence-corrected chi connectivity index (χ3v) is 6.29. The summed E-state index contributed by atoms with van der Waals surface area (Å²) in [5.74, 6) is -0.731. The number of nitrogens with one attached hydrogen (secondary N) is 1. The molecule has 3 heterocycles. The minimum Gasteiger partial charge on any atom is -0.456 e. The van der Waals surface area contributed by atoms with Crippen LogP contribution in [0.5, 0.6) is 0 Å². The van der Waals surface area contributed by atoms with E-state index < -0.39 is 15.7 Å². The van der Waals surface area contributed by atoms with Crippen molar-refractivity contribution in [1.82, 2.24) is 10.3 Å². The number of thiocarbonyl (C=S) groups is 1. The molecule has 1 aliphatic heterocycles. The second-order valence-corrected chi connectivity index (χ2v) is 9.73. The molecule has 6 nitrogen and oxygen atoms in total. The van der Waals surface area contributed by atoms with E-state index in [1.165, 1.54) is 18.3 Å². The predicted molar refractivity (Wildman–Crippen MR) is 109 cm³/mol. The third kappa shape index (κ3) is 3.46. The smallest absolute Gasteiger partial charge is 0.263 e. The summed E-state index contributed by atoms with van der Waals surface area (Å²) in [5, 5.41) is 3.18. The van der Waals surface area contributed by atoms with Gasteiger partial charge in [-0.1, -0.05) is 30.0 Å². The van der Waals surface area contributed by atoms with Crippen molar-refractivity contribution in [2.24, 2.45) is 0 Å². The first-order valence-electron chi connectivity index (χ1n) is 7.85. The molecule has 0 atom stereocenters. The Balaban J connectivity index is 1.80. The Morgan fingerprint density at radius 2 is 2.07 bits per heavy atom. The first kappa shape index (κ1) is 18.8. The third-order valence-electron chi connectivity index (χ3n) is 4.00. The summed E-state index contributed by atoms with van der Waals surface area (Å²) >= 11 is 6.09. The van der Waals surface area contributed by atoms with Gasteiger partial charge in [0, 0.05) is 35.7 Å². The number of halogens is 1. The molecule has 0 saturated carbocycles. The van der Waals surface area contributed by atoms with E-state index in [1.807, 2.05) is 0 Å². The zero-order valence-electron chi connectivity index (χ0n) is 14.2. The van der Waals surface area contributed by atoms with Crippen molar-refractivity contribution in [2.75, 3.05) is 6.26 Å². The lowest BCUT2D eigenvalue weighted by Crippen LogP contribution is -2.17. The summed E-state index contributed by atoms with van der Waals surface area (Å²) < 4.78 is 43.7. The molecule has 1 aromatic carbocycles. The summed E-state index contributed by atoms with van der Waals surface area (Å²) in [4.78, 5) is 16.0. The topological polar surface area (TPSA) is 89.3 Å². The van der Waals surface area contributed by atoms with Crippen molar-refractivity contribution < 1.29 is 22.0 Å². The van der Waals surface area contributed by atoms with E-state index in [2.05, 4.69) is 10.3 Å². The predicted octanol–water partition coefficient (Wildman–Crippen LogP) is 3.53. The number of benzene rings is 1. The largest absolute Gasteiger partial charge is 0.456 e. The second-order valence-electron chi connectivity index (χ2n) is 6.02. The van der Waals surface area contributed by atoms with Crippen LogP contribution in [0, 0.1) is 5.82 Å². The molecule has 1 saturated heterocycles. The van der Waals surface area contributed by atoms with Crippen LogP contribution in [0.1, 0.15) is 5.76 Å². The molecular weight excluding hydrogens is 423 g/mol. The lowest BCUT2D eigenvalue weighted by molar-refractivity contribution is -0.115. The average Bonchev–Trinajstić information content (AvgIpc) is 3.15. The SMILES string of the molecule is CS(=O)(=O)c1ccc(-c2cncc3cc(/C=C4/SC(=S)NC4=O)oc23)cc1F. The van der Waals surface area contributed by atoms with Crippen molar-refractivity contribution in [3.63, 3.8) is 0 Å². The van der Waals surface area contributed by atoms with Gasteiger partial charge in [-0.3, -0.25) is 9.78 Å². The van der Waals surface area contributed by atoms with Gasteiger partial charge in [-0.05, 0) is 23.8 Å². The van der Waals surface area contributed by atoms with Gasteiger partial charge in [-0.2, -0.15) is 0 Å². The number of aromatic nitrogens is 1. The average molecular weight is 434 g/mol. The van der Waals surface area contributed by atoms with Crippen molar-refractivity contribution in [2.45, 2.75) is 4.90 Å². The van der Waals surface area contributed by atoms with Crippen LogP contribution in [-0.4, -0.2) is 29.9 Å². The van der Waals surface area contributed by atoms with E-state index >= 15 is 0 Å². The van der Waals surface area contributed by atoms with Gasteiger partial charge in [0.05, 0.1) is 4.91 Å². The highest BCUT2D eigenvalue weighted by Crippen LogP contribution is 2.33. The van der Waals surface area contributed by atoms with Gasteiger partial charge in [0.15, 0.2) is 9.84 Å². The molecule has 0 aliphatic carbocycles. The van der Waals surface area contributed by atoms with Crippen molar-refractivity contribution in [1.29, 1.82) is 0 Å². The lowest BCUT2D eigenvalue weighted by Gasteiger charge is -2.05. The molecule has 0 spiro atoms. The molecule has 1 aliphatic rings. The quantitative estimate of drug-likeness (QED) is 0.498. The molecule has 0 radical (unpaired) electrons. The van der Waals surface area contributed by atoms with Crippen LogP contribution >= 0.6 is 24.0 Å². The summed E-state index contributed by atoms with van der Waals surface area (Å²) in [6, 6.07) is 5.54. The van der Waals surface area contributed by atoms with Crippen LogP contribution in [0.3, 0.4) is 0 Å². The Bertz CT molecular complexity index is 1300. The minimum atomic E-state index is -3.67. The Labute approximate surface area is 168 Å². The standard InChI is InChI=1S/C18H11FN2O4S3/c1-28(23,24)15-3-2-9(5-13(15)19)12-8-20-7-10-4-11(25-16(10)12)6-14-17(22)21-18(26)27-14/h2-8H,1H3,(H,21,22,26)/b14-6+. The molecule has 10 heteroatoms. The molecule has 0 unspecified atom stereocenters. The summed E-state index contributed by atoms with van der Waals surface area (Å²) in [6.45, 7) is 0. The van der Waals surface area contributed by atoms with Crippen molar-refractivity contribution in [3.8, 4) is 11.1 Å². The van der Waals surface area contributed by atoms with Gasteiger partial charge in [0.1, 0.15) is 26.4 Å². The number of carbonyl (C=O) groups is 1. The van der Waals surface area contributed by atoms with Crippen molar-refractivity contribution >= 4 is 61.1 Å². The number of furan rings is 1. The number of pyridine rings is 1. The highest BCUT2D eigenvalue weighted by molar-refractivity contribution is 8.26. The number of carbonyl (C=O) groups excluding carboxylic acids is 1. The van der Waals surface area contributed by atoms with E-state index in [0.717, 1.165) is 24.1 Å². The second kappa shape index (κ2) is 6.80. The van der Waals surface area contributed by atoms with Crippen molar-refractivity contribution in [3.05, 3.63) is 53.1 Å². The van der Waals surface area contributed by atoms with Gasteiger partial charge in [0.25, 0.3) is 5.91 Å². The van der Waals surface area contributed by atoms with Gasteiger partial charge in [0.2, 0.25) is 0 Å². The zero-order valence-corrected chi connectivity index (χ0v) is 16.7. The lowest BCUT2D eigenvalue weighted by atomic mass is 10.1. The summed E-state index contributed by atoms with van der Waals surface area (Å²) in [5.41, 5.74) is 1.37. The van der Waals surface area contributed by atoms with Gasteiger partial charge < -0.3 is 9.73 Å². The highest BCUT2D eigenvalue weighted by atomic mass is 32.2. The van der Waals surface area contributed by atoms with Gasteiger partial charge in [-0.15, -0.1) is 0 Å². The van der Waals surface area contributed by atoms with E-state index in [4.69, 9.17) is 16.6 Å². The number of hydrogen-bond donors (Lipinski definition) is 1. The monoisotopic (exact) mass is 434 g/mol. The Morgan fingerprint density at radius 1 is 1.29 bits per heavy atom. The molecule has 28 heavy (non-hydrogen) atoms. The fourth-order valence-electron chi connectivity index (χ4n) is 2.78. The molecule has 2 aromatic heterocycles. The summed E-state index contributed by atoms with van der Waals surface area (Å²) in [7, 11) is -3.67. The number of amides is 1. The normalized spacial score (nSPS) is 16.1. The Kier molecular flexibility index (Phi) is 4.56. The first-order chi connectivity index (χ1) is 13.2. The number of nitrogens with zero attached hydrogens (tertiary/aromatic N) is 1. The fraction of sp³-hybridized carbons (Fsp3) is 0.0556. The van der Waals surface area contributed by atoms with E-state index in [1.54, 1.807) is 18.3 Å². The van der Waals surface area contributed by atoms with Gasteiger partial charge in [-0.25, -0.2) is 12.8 Å². The molecule has 1 amide bonds. The van der Waals surface area contributed by atoms with Crippen LogP contribution in [0.25, 0.3) is 28.2 Å². The number of rotatable bonds is 3. The molecule has 3 aromatic rings. The number of fused-ring (bicyclic) bond motifs is 1. The molecule has 4 rings (SSSR count). The molecule has 142 valence electrons. The van der Waals surface area contributed by atoms with E-state index in [9.17, 15) is 17.6 Å². The maximum Gasteiger partial charge on any atom is 0.263 e. The molecule has 1 N–H and O–H groups in total. The Hall–Kier alpha value is -2.56. The Morgan fingerprint density at radius 3 is 2.71 bits per heavy atom. The maximum atomic E-state index is 14.3. The molecular formula is C18H11FN2O4S3. The van der Waals surface area contributed by atoms with Crippen LogP contribution in [-0.2, 0) is 14.6 Å². The van der Waals surface area contributed by atoms with Crippen LogP contribution in [0.2, 0.25) is 0 Å². The van der Waals surface area contributed by atoms with Gasteiger partial charge >= 0.3 is 0 Å². The number of thioether (sulfide) groups is 1. The van der Waals surface area contributed by atoms with Crippen LogP contribution in [0.4, 0.5) is 4.39 Å². The minimum absolute atomic E-state index is 0.299. The first-order valence-corrected chi connectivity index (χ1v) is 11.0. The zero-order chi connectivity index (χ0) is 20.1. The summed E-state index contributed by atoms with van der Waals surface area (Å²) in [6.07, 6.45) is 5.60. The fourth-order valence-corrected chi connectivity index (χ4v) is 4.53. The van der Waals surface area contributed by atoms with Crippen LogP contribution in [0.15, 0.2) is 50.9 Å². The van der Waals surface area contributed by atoms with E-state index in [-0.39, 0.29) is 10.8 Å². The number of hydrogen-bond acceptors (Lipinski definition) is 7. The van der Waals surface area contributed by atoms with E-state index in [0.29, 0.717) is 37.1 Å². The van der Waals surface area contributed by atoms with Crippen LogP contribution < -0.4 is 5.32 Å².